The molecule has 7 aromatic rings. The van der Waals surface area contributed by atoms with Gasteiger partial charge in [0.2, 0.25) is 0 Å². The van der Waals surface area contributed by atoms with Gasteiger partial charge in [0, 0.05) is 42.3 Å². The maximum atomic E-state index is 4.54. The first-order chi connectivity index (χ1) is 26.6. The van der Waals surface area contributed by atoms with E-state index in [1.165, 1.54) is 120 Å². The summed E-state index contributed by atoms with van der Waals surface area (Å²) >= 11 is 1.90. The fourth-order valence-corrected chi connectivity index (χ4v) is 12.9. The van der Waals surface area contributed by atoms with Gasteiger partial charge in [-0.05, 0) is 138 Å². The molecule has 2 heteroatoms. The molecule has 1 heterocycles. The summed E-state index contributed by atoms with van der Waals surface area (Å²) in [5, 5.41) is 5.20. The molecule has 3 bridgehead atoms. The molecule has 4 aliphatic rings. The summed E-state index contributed by atoms with van der Waals surface area (Å²) in [7, 11) is 0. The first-order valence-electron chi connectivity index (χ1n) is 20.1. The number of benzene rings is 6. The highest BCUT2D eigenvalue weighted by Gasteiger charge is 2.57. The molecule has 0 radical (unpaired) electrons. The van der Waals surface area contributed by atoms with E-state index in [4.69, 9.17) is 0 Å². The van der Waals surface area contributed by atoms with Crippen molar-refractivity contribution in [2.24, 2.45) is 23.7 Å². The van der Waals surface area contributed by atoms with E-state index in [-0.39, 0.29) is 5.41 Å². The Labute approximate surface area is 323 Å². The van der Waals surface area contributed by atoms with Crippen LogP contribution in [0.15, 0.2) is 158 Å². The van der Waals surface area contributed by atoms with Gasteiger partial charge in [-0.1, -0.05) is 122 Å². The fourth-order valence-electron chi connectivity index (χ4n) is 11.8. The van der Waals surface area contributed by atoms with Crippen molar-refractivity contribution in [2.45, 2.75) is 50.9 Å². The third-order valence-electron chi connectivity index (χ3n) is 13.9. The molecule has 3 saturated carbocycles. The number of anilines is 3. The number of thiophene rings is 1. The summed E-state index contributed by atoms with van der Waals surface area (Å²) in [4.78, 5) is 2.56. The molecule has 3 fully saturated rings. The highest BCUT2D eigenvalue weighted by atomic mass is 32.1. The highest BCUT2D eigenvalue weighted by molar-refractivity contribution is 7.25. The smallest absolute Gasteiger partial charge is 0.0540 e. The van der Waals surface area contributed by atoms with Crippen molar-refractivity contribution in [2.75, 3.05) is 4.90 Å². The molecule has 11 rings (SSSR count). The van der Waals surface area contributed by atoms with Crippen LogP contribution in [0.3, 0.4) is 0 Å². The van der Waals surface area contributed by atoms with E-state index in [0.29, 0.717) is 5.92 Å². The van der Waals surface area contributed by atoms with Gasteiger partial charge in [0.05, 0.1) is 5.69 Å². The van der Waals surface area contributed by atoms with Crippen LogP contribution in [0.25, 0.3) is 47.6 Å². The molecule has 6 aromatic carbocycles. The molecule has 4 aliphatic carbocycles. The average Bonchev–Trinajstić information content (AvgIpc) is 3.71. The molecule has 1 spiro atoms. The van der Waals surface area contributed by atoms with Crippen molar-refractivity contribution in [3.8, 4) is 11.1 Å². The fraction of sp³-hybridized carbons (Fsp3) is 0.231. The van der Waals surface area contributed by atoms with Crippen LogP contribution < -0.4 is 4.90 Å². The summed E-state index contributed by atoms with van der Waals surface area (Å²) in [6, 6.07) is 48.0. The topological polar surface area (TPSA) is 3.24 Å². The number of rotatable bonds is 6. The van der Waals surface area contributed by atoms with Crippen molar-refractivity contribution in [1.82, 2.24) is 0 Å². The molecule has 264 valence electrons. The second-order valence-electron chi connectivity index (χ2n) is 16.5. The summed E-state index contributed by atoms with van der Waals surface area (Å²) in [5.41, 5.74) is 12.0. The first-order valence-corrected chi connectivity index (χ1v) is 20.9. The van der Waals surface area contributed by atoms with Crippen LogP contribution in [0, 0.1) is 23.7 Å². The first kappa shape index (κ1) is 32.3. The summed E-state index contributed by atoms with van der Waals surface area (Å²) in [6.07, 6.45) is 15.1. The van der Waals surface area contributed by atoms with Gasteiger partial charge in [0.15, 0.2) is 0 Å². The molecule has 0 aliphatic heterocycles. The number of hydrogen-bond acceptors (Lipinski definition) is 2. The lowest BCUT2D eigenvalue weighted by Crippen LogP contribution is -2.50. The molecule has 5 unspecified atom stereocenters. The Morgan fingerprint density at radius 3 is 2.26 bits per heavy atom. The van der Waals surface area contributed by atoms with Crippen LogP contribution in [0.4, 0.5) is 17.1 Å². The Balaban J connectivity index is 1.16. The minimum atomic E-state index is 0.0164. The van der Waals surface area contributed by atoms with Gasteiger partial charge in [-0.15, -0.1) is 11.3 Å². The predicted octanol–water partition coefficient (Wildman–Crippen LogP) is 15.0. The number of allylic oxidation sites excluding steroid dienone is 5. The average molecular weight is 716 g/mol. The Morgan fingerprint density at radius 2 is 1.41 bits per heavy atom. The normalized spacial score (nSPS) is 24.3. The van der Waals surface area contributed by atoms with Crippen LogP contribution >= 0.6 is 11.3 Å². The number of fused-ring (bicyclic) bond motifs is 9. The second kappa shape index (κ2) is 12.4. The lowest BCUT2D eigenvalue weighted by molar-refractivity contribution is -0.0108. The molecule has 5 atom stereocenters. The van der Waals surface area contributed by atoms with E-state index in [1.807, 2.05) is 11.3 Å². The van der Waals surface area contributed by atoms with Crippen LogP contribution in [0.1, 0.15) is 56.6 Å². The van der Waals surface area contributed by atoms with Crippen molar-refractivity contribution < 1.29 is 0 Å². The van der Waals surface area contributed by atoms with Crippen molar-refractivity contribution >= 4 is 64.9 Å². The molecule has 0 amide bonds. The largest absolute Gasteiger partial charge is 0.310 e. The predicted molar refractivity (Wildman–Crippen MR) is 232 cm³/mol. The molecular weight excluding hydrogens is 671 g/mol. The third-order valence-corrected chi connectivity index (χ3v) is 15.1. The SMILES string of the molecule is C=CC1=C(/C=C\C)c2ccc(N(c3ccc4c(c3)sc3ccccc34)c3ccc(-c4ccccc4)c4ccccc34)cc2C12CC1CCC3CC1CC2C3. The standard InChI is InChI=1S/C52H45NS/c1-3-12-42-43-23-21-38(30-48(43)52(47(42)4-2)32-35-20-19-33-27-36(35)29-37(52)28-33)53(39-22-24-46-45-17-10-11-18-50(45)54-51(46)31-39)49-26-25-40(34-13-6-5-7-14-34)41-15-8-9-16-44(41)49/h3-18,21-26,30-31,33,35-37H,2,19-20,27-29,32H2,1H3/b12-3-. The van der Waals surface area contributed by atoms with Crippen LogP contribution in [-0.4, -0.2) is 0 Å². The molecule has 0 saturated heterocycles. The molecule has 54 heavy (non-hydrogen) atoms. The van der Waals surface area contributed by atoms with E-state index in [2.05, 4.69) is 164 Å². The van der Waals surface area contributed by atoms with Gasteiger partial charge < -0.3 is 4.90 Å². The number of nitrogens with zero attached hydrogens (tertiary/aromatic N) is 1. The molecular formula is C52H45NS. The Morgan fingerprint density at radius 1 is 0.667 bits per heavy atom. The van der Waals surface area contributed by atoms with Gasteiger partial charge in [0.25, 0.3) is 0 Å². The van der Waals surface area contributed by atoms with E-state index in [1.54, 1.807) is 0 Å². The van der Waals surface area contributed by atoms with E-state index in [0.717, 1.165) is 17.8 Å². The monoisotopic (exact) mass is 715 g/mol. The highest BCUT2D eigenvalue weighted by Crippen LogP contribution is 2.66. The second-order valence-corrected chi connectivity index (χ2v) is 17.5. The van der Waals surface area contributed by atoms with Crippen molar-refractivity contribution in [3.05, 3.63) is 169 Å². The lowest BCUT2D eigenvalue weighted by Gasteiger charge is -2.57. The van der Waals surface area contributed by atoms with Gasteiger partial charge in [-0.2, -0.15) is 0 Å². The van der Waals surface area contributed by atoms with Crippen LogP contribution in [0.2, 0.25) is 0 Å². The zero-order valence-corrected chi connectivity index (χ0v) is 31.8. The zero-order valence-electron chi connectivity index (χ0n) is 31.0. The minimum Gasteiger partial charge on any atom is -0.310 e. The lowest BCUT2D eigenvalue weighted by atomic mass is 9.47. The number of hydrogen-bond donors (Lipinski definition) is 0. The summed E-state index contributed by atoms with van der Waals surface area (Å²) in [6.45, 7) is 6.71. The summed E-state index contributed by atoms with van der Waals surface area (Å²) in [5.74, 6) is 3.24. The third kappa shape index (κ3) is 4.69. The Hall–Kier alpha value is -5.18. The van der Waals surface area contributed by atoms with E-state index >= 15 is 0 Å². The zero-order chi connectivity index (χ0) is 36.0. The van der Waals surface area contributed by atoms with Crippen molar-refractivity contribution in [1.29, 1.82) is 0 Å². The van der Waals surface area contributed by atoms with Gasteiger partial charge in [-0.3, -0.25) is 0 Å². The van der Waals surface area contributed by atoms with Gasteiger partial charge in [0.1, 0.15) is 0 Å². The molecule has 1 nitrogen and oxygen atoms in total. The van der Waals surface area contributed by atoms with Crippen LogP contribution in [0.5, 0.6) is 0 Å². The van der Waals surface area contributed by atoms with Gasteiger partial charge in [-0.25, -0.2) is 0 Å². The Kier molecular flexibility index (Phi) is 7.43. The van der Waals surface area contributed by atoms with Crippen molar-refractivity contribution in [3.63, 3.8) is 0 Å². The van der Waals surface area contributed by atoms with E-state index < -0.39 is 0 Å². The minimum absolute atomic E-state index is 0.0164. The summed E-state index contributed by atoms with van der Waals surface area (Å²) < 4.78 is 2.66. The molecule has 0 N–H and O–H groups in total. The maximum absolute atomic E-state index is 4.54. The quantitative estimate of drug-likeness (QED) is 0.166. The van der Waals surface area contributed by atoms with Crippen LogP contribution in [-0.2, 0) is 5.41 Å². The van der Waals surface area contributed by atoms with E-state index in [9.17, 15) is 0 Å². The molecule has 1 aromatic heterocycles. The maximum Gasteiger partial charge on any atom is 0.0540 e. The van der Waals surface area contributed by atoms with Gasteiger partial charge >= 0.3 is 0 Å². The Bertz CT molecular complexity index is 2690.